The summed E-state index contributed by atoms with van der Waals surface area (Å²) in [6, 6.07) is 0. The lowest BCUT2D eigenvalue weighted by Gasteiger charge is -2.34. The van der Waals surface area contributed by atoms with Gasteiger partial charge in [-0.15, -0.1) is 0 Å². The van der Waals surface area contributed by atoms with Gasteiger partial charge < -0.3 is 25.2 Å². The Hall–Kier alpha value is -0.850. The summed E-state index contributed by atoms with van der Waals surface area (Å²) in [5.74, 6) is 2.62. The zero-order chi connectivity index (χ0) is 19.2. The van der Waals surface area contributed by atoms with Crippen molar-refractivity contribution in [2.45, 2.75) is 39.5 Å². The van der Waals surface area contributed by atoms with Gasteiger partial charge in [-0.25, -0.2) is 0 Å². The minimum atomic E-state index is 0.830. The summed E-state index contributed by atoms with van der Waals surface area (Å²) in [6.07, 6.45) is 4.92. The number of ether oxygens (including phenoxy) is 1. The first-order chi connectivity index (χ1) is 12.5. The molecule has 0 saturated carbocycles. The fourth-order valence-electron chi connectivity index (χ4n) is 3.82. The van der Waals surface area contributed by atoms with Gasteiger partial charge in [-0.05, 0) is 51.1 Å². The predicted octanol–water partition coefficient (Wildman–Crippen LogP) is 1.88. The molecule has 2 unspecified atom stereocenters. The van der Waals surface area contributed by atoms with Crippen LogP contribution in [0.25, 0.3) is 0 Å². The molecule has 26 heavy (non-hydrogen) atoms. The monoisotopic (exact) mass is 369 g/mol. The summed E-state index contributed by atoms with van der Waals surface area (Å²) < 4.78 is 5.09. The third kappa shape index (κ3) is 11.0. The molecule has 6 nitrogen and oxygen atoms in total. The zero-order valence-electron chi connectivity index (χ0n) is 17.9. The number of likely N-dealkylation sites (tertiary alicyclic amines) is 1. The molecule has 1 fully saturated rings. The van der Waals surface area contributed by atoms with Gasteiger partial charge in [0, 0.05) is 60.0 Å². The molecule has 0 aromatic rings. The third-order valence-electron chi connectivity index (χ3n) is 5.04. The molecule has 1 aliphatic rings. The number of nitrogens with one attached hydrogen (secondary N) is 2. The van der Waals surface area contributed by atoms with Gasteiger partial charge in [0.2, 0.25) is 0 Å². The second-order valence-corrected chi connectivity index (χ2v) is 7.99. The van der Waals surface area contributed by atoms with E-state index in [4.69, 9.17) is 4.74 Å². The molecule has 0 aromatic carbocycles. The molecule has 0 spiro atoms. The second-order valence-electron chi connectivity index (χ2n) is 7.99. The van der Waals surface area contributed by atoms with Crippen molar-refractivity contribution in [1.29, 1.82) is 0 Å². The van der Waals surface area contributed by atoms with Crippen LogP contribution in [-0.4, -0.2) is 89.4 Å². The number of hydrogen-bond donors (Lipinski definition) is 2. The first-order valence-electron chi connectivity index (χ1n) is 10.4. The molecule has 1 rings (SSSR count). The van der Waals surface area contributed by atoms with Crippen LogP contribution in [0.15, 0.2) is 4.99 Å². The maximum Gasteiger partial charge on any atom is 0.191 e. The molecule has 0 amide bonds. The fourth-order valence-corrected chi connectivity index (χ4v) is 3.82. The molecule has 0 aliphatic carbocycles. The lowest BCUT2D eigenvalue weighted by molar-refractivity contribution is 0.139. The quantitative estimate of drug-likeness (QED) is 0.312. The van der Waals surface area contributed by atoms with Gasteiger partial charge in [-0.3, -0.25) is 4.99 Å². The maximum absolute atomic E-state index is 5.09. The molecule has 1 heterocycles. The van der Waals surface area contributed by atoms with Gasteiger partial charge >= 0.3 is 0 Å². The molecule has 1 aliphatic heterocycles. The predicted molar refractivity (Wildman–Crippen MR) is 112 cm³/mol. The molecule has 2 atom stereocenters. The van der Waals surface area contributed by atoms with Crippen LogP contribution >= 0.6 is 0 Å². The van der Waals surface area contributed by atoms with Crippen LogP contribution in [-0.2, 0) is 4.74 Å². The van der Waals surface area contributed by atoms with Gasteiger partial charge in [0.25, 0.3) is 0 Å². The van der Waals surface area contributed by atoms with Crippen molar-refractivity contribution < 1.29 is 4.74 Å². The van der Waals surface area contributed by atoms with Gasteiger partial charge in [0.1, 0.15) is 0 Å². The normalized spacial score (nSPS) is 22.0. The highest BCUT2D eigenvalue weighted by Gasteiger charge is 2.20. The SMILES string of the molecule is CN=C(NCCCCN1CC(C)CC(C)C1)NCCN(C)CCCOC. The Morgan fingerprint density at radius 2 is 1.77 bits per heavy atom. The van der Waals surface area contributed by atoms with Crippen LogP contribution < -0.4 is 10.6 Å². The minimum absolute atomic E-state index is 0.830. The summed E-state index contributed by atoms with van der Waals surface area (Å²) in [4.78, 5) is 9.28. The standard InChI is InChI=1S/C20H43N5O/c1-18-15-19(2)17-25(16-18)12-7-6-9-22-20(21-3)23-10-13-24(4)11-8-14-26-5/h18-19H,6-17H2,1-5H3,(H2,21,22,23). The number of guanidine groups is 1. The number of nitrogens with zero attached hydrogens (tertiary/aromatic N) is 3. The van der Waals surface area contributed by atoms with Crippen LogP contribution in [0.5, 0.6) is 0 Å². The zero-order valence-corrected chi connectivity index (χ0v) is 17.9. The van der Waals surface area contributed by atoms with E-state index in [9.17, 15) is 0 Å². The van der Waals surface area contributed by atoms with Crippen molar-refractivity contribution >= 4 is 5.96 Å². The van der Waals surface area contributed by atoms with E-state index >= 15 is 0 Å². The van der Waals surface area contributed by atoms with Crippen molar-refractivity contribution in [1.82, 2.24) is 20.4 Å². The number of rotatable bonds is 12. The van der Waals surface area contributed by atoms with E-state index < -0.39 is 0 Å². The summed E-state index contributed by atoms with van der Waals surface area (Å²) >= 11 is 0. The van der Waals surface area contributed by atoms with Gasteiger partial charge in [0.15, 0.2) is 5.96 Å². The van der Waals surface area contributed by atoms with Crippen LogP contribution in [0.2, 0.25) is 0 Å². The van der Waals surface area contributed by atoms with Gasteiger partial charge in [-0.2, -0.15) is 0 Å². The van der Waals surface area contributed by atoms with E-state index in [0.717, 1.165) is 57.0 Å². The van der Waals surface area contributed by atoms with Crippen LogP contribution in [0, 0.1) is 11.8 Å². The number of piperidine rings is 1. The summed E-state index contributed by atoms with van der Waals surface area (Å²) in [6.45, 7) is 13.4. The Kier molecular flexibility index (Phi) is 12.7. The van der Waals surface area contributed by atoms with Crippen LogP contribution in [0.4, 0.5) is 0 Å². The van der Waals surface area contributed by atoms with Crippen molar-refractivity contribution in [2.24, 2.45) is 16.8 Å². The number of unbranched alkanes of at least 4 members (excludes halogenated alkanes) is 1. The minimum Gasteiger partial charge on any atom is -0.385 e. The number of likely N-dealkylation sites (N-methyl/N-ethyl adjacent to an activating group) is 1. The average molecular weight is 370 g/mol. The summed E-state index contributed by atoms with van der Waals surface area (Å²) in [5, 5.41) is 6.83. The molecule has 6 heteroatoms. The molecule has 0 bridgehead atoms. The van der Waals surface area contributed by atoms with E-state index in [0.29, 0.717) is 0 Å². The highest BCUT2D eigenvalue weighted by Crippen LogP contribution is 2.20. The summed E-state index contributed by atoms with van der Waals surface area (Å²) in [5.41, 5.74) is 0. The van der Waals surface area contributed by atoms with Gasteiger partial charge in [0.05, 0.1) is 0 Å². The maximum atomic E-state index is 5.09. The first-order valence-corrected chi connectivity index (χ1v) is 10.4. The highest BCUT2D eigenvalue weighted by molar-refractivity contribution is 5.79. The highest BCUT2D eigenvalue weighted by atomic mass is 16.5. The Balaban J connectivity index is 2.04. The molecule has 2 N–H and O–H groups in total. The Bertz CT molecular complexity index is 367. The van der Waals surface area contributed by atoms with Crippen molar-refractivity contribution in [3.63, 3.8) is 0 Å². The van der Waals surface area contributed by atoms with Crippen LogP contribution in [0.3, 0.4) is 0 Å². The molecular weight excluding hydrogens is 326 g/mol. The van der Waals surface area contributed by atoms with Crippen molar-refractivity contribution in [3.05, 3.63) is 0 Å². The largest absolute Gasteiger partial charge is 0.385 e. The first kappa shape index (κ1) is 23.2. The topological polar surface area (TPSA) is 52.1 Å². The smallest absolute Gasteiger partial charge is 0.191 e. The Morgan fingerprint density at radius 1 is 1.08 bits per heavy atom. The number of hydrogen-bond acceptors (Lipinski definition) is 4. The number of methoxy groups -OCH3 is 1. The third-order valence-corrected chi connectivity index (χ3v) is 5.04. The molecular formula is C20H43N5O. The molecule has 1 saturated heterocycles. The van der Waals surface area contributed by atoms with Gasteiger partial charge in [-0.1, -0.05) is 13.8 Å². The fraction of sp³-hybridized carbons (Fsp3) is 0.950. The van der Waals surface area contributed by atoms with E-state index in [1.165, 1.54) is 38.9 Å². The number of aliphatic imine (C=N–C) groups is 1. The second kappa shape index (κ2) is 14.2. The lowest BCUT2D eigenvalue weighted by atomic mass is 9.92. The molecule has 0 radical (unpaired) electrons. The average Bonchev–Trinajstić information content (AvgIpc) is 2.59. The van der Waals surface area contributed by atoms with E-state index in [2.05, 4.69) is 46.3 Å². The van der Waals surface area contributed by atoms with E-state index in [1.54, 1.807) is 7.11 Å². The van der Waals surface area contributed by atoms with Crippen molar-refractivity contribution in [2.75, 3.05) is 73.6 Å². The summed E-state index contributed by atoms with van der Waals surface area (Å²) in [7, 11) is 5.74. The molecule has 0 aromatic heterocycles. The van der Waals surface area contributed by atoms with Crippen LogP contribution in [0.1, 0.15) is 39.5 Å². The lowest BCUT2D eigenvalue weighted by Crippen LogP contribution is -2.42. The Labute approximate surface area is 161 Å². The molecule has 154 valence electrons. The van der Waals surface area contributed by atoms with E-state index in [1.807, 2.05) is 7.05 Å². The van der Waals surface area contributed by atoms with E-state index in [-0.39, 0.29) is 0 Å². The van der Waals surface area contributed by atoms with Crippen molar-refractivity contribution in [3.8, 4) is 0 Å². The Morgan fingerprint density at radius 3 is 2.42 bits per heavy atom.